The van der Waals surface area contributed by atoms with E-state index in [1.165, 1.54) is 122 Å². The van der Waals surface area contributed by atoms with Crippen LogP contribution < -0.4 is 0 Å². The molecule has 0 bridgehead atoms. The van der Waals surface area contributed by atoms with Gasteiger partial charge in [-0.25, -0.2) is 4.39 Å². The topological polar surface area (TPSA) is 0 Å². The van der Waals surface area contributed by atoms with Gasteiger partial charge in [0, 0.05) is 0 Å². The molecule has 1 aliphatic carbocycles. The fourth-order valence-corrected chi connectivity index (χ4v) is 5.55. The van der Waals surface area contributed by atoms with E-state index in [1.54, 1.807) is 0 Å². The van der Waals surface area contributed by atoms with Crippen LogP contribution in [0.3, 0.4) is 0 Å². The number of aryl methyl sites for hydroxylation is 1. The molecule has 2 rings (SSSR count). The minimum Gasteiger partial charge on any atom is -0.207 e. The molecule has 1 aliphatic rings. The van der Waals surface area contributed by atoms with Crippen LogP contribution in [0.5, 0.6) is 0 Å². The average molecular weight is 485 g/mol. The van der Waals surface area contributed by atoms with Gasteiger partial charge in [-0.05, 0) is 42.4 Å². The van der Waals surface area contributed by atoms with Crippen LogP contribution in [0, 0.1) is 17.7 Å². The van der Waals surface area contributed by atoms with Crippen LogP contribution in [0.2, 0.25) is 0 Å². The lowest BCUT2D eigenvalue weighted by atomic mass is 9.77. The Hall–Kier alpha value is -1.06. The molecule has 34 heavy (non-hydrogen) atoms. The smallest absolute Gasteiger partial charge is 0.207 e. The molecule has 0 spiro atoms. The van der Waals surface area contributed by atoms with Gasteiger partial charge in [-0.1, -0.05) is 129 Å². The van der Waals surface area contributed by atoms with Gasteiger partial charge in [0.25, 0.3) is 0 Å². The lowest BCUT2D eigenvalue weighted by Gasteiger charge is -2.28. The predicted molar refractivity (Wildman–Crippen MR) is 135 cm³/mol. The molecule has 0 amide bonds. The first-order valence-corrected chi connectivity index (χ1v) is 14.3. The zero-order valence-electron chi connectivity index (χ0n) is 21.5. The maximum Gasteiger partial charge on any atom is 0.416 e. The first kappa shape index (κ1) is 29.2. The number of rotatable bonds is 17. The Kier molecular flexibility index (Phi) is 14.2. The Labute approximate surface area is 206 Å². The van der Waals surface area contributed by atoms with E-state index >= 15 is 0 Å². The van der Waals surface area contributed by atoms with E-state index in [-0.39, 0.29) is 0 Å². The van der Waals surface area contributed by atoms with Crippen molar-refractivity contribution in [3.8, 4) is 0 Å². The van der Waals surface area contributed by atoms with Crippen molar-refractivity contribution < 1.29 is 17.6 Å². The molecule has 0 unspecified atom stereocenters. The van der Waals surface area contributed by atoms with Gasteiger partial charge in [0.1, 0.15) is 5.82 Å². The second-order valence-corrected chi connectivity index (χ2v) is 10.8. The van der Waals surface area contributed by atoms with Gasteiger partial charge in [-0.15, -0.1) is 0 Å². The van der Waals surface area contributed by atoms with E-state index in [0.717, 1.165) is 18.4 Å². The first-order chi connectivity index (χ1) is 16.4. The quantitative estimate of drug-likeness (QED) is 0.152. The standard InChI is InChI=1S/C30H48F4/c1-2-3-4-5-6-7-8-9-10-11-12-13-14-15-25-16-18-26(19-17-25)20-21-27-22-23-28(24-29(27)31)30(32,33)34/h22-26H,2-21H2,1H3. The molecule has 0 aliphatic heterocycles. The summed E-state index contributed by atoms with van der Waals surface area (Å²) in [7, 11) is 0. The lowest BCUT2D eigenvalue weighted by Crippen LogP contribution is -2.15. The van der Waals surface area contributed by atoms with Crippen LogP contribution in [0.25, 0.3) is 0 Å². The normalized spacial score (nSPS) is 19.0. The van der Waals surface area contributed by atoms with Crippen LogP contribution in [-0.4, -0.2) is 0 Å². The van der Waals surface area contributed by atoms with Crippen molar-refractivity contribution in [1.29, 1.82) is 0 Å². The van der Waals surface area contributed by atoms with E-state index in [4.69, 9.17) is 0 Å². The molecule has 1 aromatic carbocycles. The number of hydrogen-bond acceptors (Lipinski definition) is 0. The number of benzene rings is 1. The summed E-state index contributed by atoms with van der Waals surface area (Å²) in [6, 6.07) is 2.96. The number of hydrogen-bond donors (Lipinski definition) is 0. The molecule has 0 saturated heterocycles. The van der Waals surface area contributed by atoms with Gasteiger partial charge in [0.05, 0.1) is 5.56 Å². The third-order valence-electron chi connectivity index (χ3n) is 7.88. The number of halogens is 4. The molecular weight excluding hydrogens is 436 g/mol. The summed E-state index contributed by atoms with van der Waals surface area (Å²) in [5.41, 5.74) is -0.482. The molecule has 0 heterocycles. The summed E-state index contributed by atoms with van der Waals surface area (Å²) < 4.78 is 52.1. The highest BCUT2D eigenvalue weighted by Gasteiger charge is 2.31. The fourth-order valence-electron chi connectivity index (χ4n) is 5.55. The Balaban J connectivity index is 1.45. The minimum atomic E-state index is -4.48. The van der Waals surface area contributed by atoms with Gasteiger partial charge in [-0.2, -0.15) is 13.2 Å². The summed E-state index contributed by atoms with van der Waals surface area (Å²) in [6.45, 7) is 2.27. The van der Waals surface area contributed by atoms with E-state index in [1.807, 2.05) is 0 Å². The van der Waals surface area contributed by atoms with Gasteiger partial charge in [0.15, 0.2) is 0 Å². The third kappa shape index (κ3) is 12.1. The first-order valence-electron chi connectivity index (χ1n) is 14.3. The molecule has 0 nitrogen and oxygen atoms in total. The average Bonchev–Trinajstić information content (AvgIpc) is 2.81. The number of alkyl halides is 3. The van der Waals surface area contributed by atoms with Crippen LogP contribution in [0.15, 0.2) is 18.2 Å². The monoisotopic (exact) mass is 484 g/mol. The summed E-state index contributed by atoms with van der Waals surface area (Å²) in [4.78, 5) is 0. The van der Waals surface area contributed by atoms with Crippen LogP contribution in [-0.2, 0) is 12.6 Å². The Morgan fingerprint density at radius 1 is 0.676 bits per heavy atom. The van der Waals surface area contributed by atoms with Crippen molar-refractivity contribution in [2.75, 3.05) is 0 Å². The van der Waals surface area contributed by atoms with E-state index in [2.05, 4.69) is 6.92 Å². The van der Waals surface area contributed by atoms with E-state index in [0.29, 0.717) is 24.0 Å². The highest BCUT2D eigenvalue weighted by molar-refractivity contribution is 5.26. The highest BCUT2D eigenvalue weighted by Crippen LogP contribution is 2.35. The lowest BCUT2D eigenvalue weighted by molar-refractivity contribution is -0.137. The highest BCUT2D eigenvalue weighted by atomic mass is 19.4. The van der Waals surface area contributed by atoms with Crippen molar-refractivity contribution in [1.82, 2.24) is 0 Å². The largest absolute Gasteiger partial charge is 0.416 e. The second kappa shape index (κ2) is 16.6. The van der Waals surface area contributed by atoms with Crippen LogP contribution in [0.1, 0.15) is 140 Å². The molecular formula is C30H48F4. The molecule has 1 fully saturated rings. The SMILES string of the molecule is CCCCCCCCCCCCCCCC1CCC(CCc2ccc(C(F)(F)F)cc2F)CC1. The van der Waals surface area contributed by atoms with Crippen molar-refractivity contribution >= 4 is 0 Å². The number of unbranched alkanes of at least 4 members (excludes halogenated alkanes) is 12. The van der Waals surface area contributed by atoms with Crippen molar-refractivity contribution in [2.45, 2.75) is 142 Å². The van der Waals surface area contributed by atoms with Gasteiger partial charge >= 0.3 is 6.18 Å². The Bertz CT molecular complexity index is 644. The fraction of sp³-hybridized carbons (Fsp3) is 0.800. The van der Waals surface area contributed by atoms with Crippen LogP contribution in [0.4, 0.5) is 17.6 Å². The molecule has 196 valence electrons. The predicted octanol–water partition coefficient (Wildman–Crippen LogP) is 11.1. The van der Waals surface area contributed by atoms with Crippen molar-refractivity contribution in [3.05, 3.63) is 35.1 Å². The van der Waals surface area contributed by atoms with Gasteiger partial charge in [-0.3, -0.25) is 0 Å². The molecule has 4 heteroatoms. The minimum absolute atomic E-state index is 0.419. The summed E-state index contributed by atoms with van der Waals surface area (Å²) >= 11 is 0. The molecule has 0 N–H and O–H groups in total. The Morgan fingerprint density at radius 2 is 1.15 bits per heavy atom. The molecule has 1 aromatic rings. The van der Waals surface area contributed by atoms with Crippen LogP contribution >= 0.6 is 0 Å². The van der Waals surface area contributed by atoms with E-state index in [9.17, 15) is 17.6 Å². The zero-order chi connectivity index (χ0) is 24.7. The summed E-state index contributed by atoms with van der Waals surface area (Å²) in [5.74, 6) is 0.710. The van der Waals surface area contributed by atoms with E-state index < -0.39 is 17.6 Å². The maximum absolute atomic E-state index is 14.1. The Morgan fingerprint density at radius 3 is 1.62 bits per heavy atom. The van der Waals surface area contributed by atoms with Crippen molar-refractivity contribution in [2.24, 2.45) is 11.8 Å². The molecule has 0 radical (unpaired) electrons. The van der Waals surface area contributed by atoms with Gasteiger partial charge in [0.2, 0.25) is 0 Å². The molecule has 0 atom stereocenters. The van der Waals surface area contributed by atoms with Gasteiger partial charge < -0.3 is 0 Å². The summed E-state index contributed by atoms with van der Waals surface area (Å²) in [5, 5.41) is 0. The zero-order valence-corrected chi connectivity index (χ0v) is 21.5. The molecule has 1 saturated carbocycles. The third-order valence-corrected chi connectivity index (χ3v) is 7.88. The second-order valence-electron chi connectivity index (χ2n) is 10.8. The maximum atomic E-state index is 14.1. The summed E-state index contributed by atoms with van der Waals surface area (Å²) in [6.07, 6.45) is 21.3. The molecule has 0 aromatic heterocycles. The van der Waals surface area contributed by atoms with Crippen molar-refractivity contribution in [3.63, 3.8) is 0 Å².